The Morgan fingerprint density at radius 1 is 1.20 bits per heavy atom. The van der Waals surface area contributed by atoms with E-state index < -0.39 is 0 Å². The van der Waals surface area contributed by atoms with Gasteiger partial charge in [-0.3, -0.25) is 9.59 Å². The van der Waals surface area contributed by atoms with E-state index in [-0.39, 0.29) is 16.6 Å². The molecule has 0 bridgehead atoms. The fraction of sp³-hybridized carbons (Fsp3) is 0.0909. The fourth-order valence-electron chi connectivity index (χ4n) is 1.44. The molecule has 1 aromatic rings. The maximum Gasteiger partial charge on any atom is 0.205 e. The Bertz CT molecular complexity index is 489. The van der Waals surface area contributed by atoms with E-state index in [1.807, 2.05) is 0 Å². The highest BCUT2D eigenvalue weighted by Crippen LogP contribution is 2.26. The molecule has 0 amide bonds. The average Bonchev–Trinajstić information content (AvgIpc) is 2.25. The average molecular weight is 223 g/mol. The summed E-state index contributed by atoms with van der Waals surface area (Å²) in [5.74, 6) is -0.0660. The first-order valence-corrected chi connectivity index (χ1v) is 4.65. The molecule has 1 aliphatic carbocycles. The summed E-state index contributed by atoms with van der Waals surface area (Å²) in [5, 5.41) is -0.0549. The largest absolute Gasteiger partial charge is 0.497 e. The topological polar surface area (TPSA) is 43.4 Å². The molecule has 1 aliphatic rings. The van der Waals surface area contributed by atoms with Gasteiger partial charge in [0.05, 0.1) is 12.1 Å². The van der Waals surface area contributed by atoms with Crippen molar-refractivity contribution in [3.8, 4) is 5.75 Å². The Labute approximate surface area is 91.3 Å². The lowest BCUT2D eigenvalue weighted by atomic mass is 9.94. The first-order valence-electron chi connectivity index (χ1n) is 4.27. The van der Waals surface area contributed by atoms with E-state index in [1.165, 1.54) is 13.2 Å². The van der Waals surface area contributed by atoms with E-state index in [2.05, 4.69) is 0 Å². The zero-order valence-electron chi connectivity index (χ0n) is 7.91. The van der Waals surface area contributed by atoms with Crippen LogP contribution in [0.1, 0.15) is 20.7 Å². The van der Waals surface area contributed by atoms with Crippen molar-refractivity contribution in [3.05, 3.63) is 40.4 Å². The molecule has 0 saturated carbocycles. The lowest BCUT2D eigenvalue weighted by Crippen LogP contribution is -2.14. The number of carbonyl (C=O) groups is 2. The molecule has 0 radical (unpaired) electrons. The van der Waals surface area contributed by atoms with Crippen molar-refractivity contribution in [2.75, 3.05) is 7.11 Å². The highest BCUT2D eigenvalue weighted by atomic mass is 35.5. The molecular weight excluding hydrogens is 216 g/mol. The van der Waals surface area contributed by atoms with Crippen LogP contribution in [0.3, 0.4) is 0 Å². The number of rotatable bonds is 1. The summed E-state index contributed by atoms with van der Waals surface area (Å²) in [7, 11) is 1.49. The van der Waals surface area contributed by atoms with Crippen molar-refractivity contribution in [1.82, 2.24) is 0 Å². The summed E-state index contributed by atoms with van der Waals surface area (Å²) in [4.78, 5) is 23.1. The van der Waals surface area contributed by atoms with Gasteiger partial charge in [0.25, 0.3) is 0 Å². The number of Topliss-reactive ketones (excluding diaryl/α,β-unsaturated/α-hetero) is 1. The van der Waals surface area contributed by atoms with Gasteiger partial charge in [-0.15, -0.1) is 0 Å². The lowest BCUT2D eigenvalue weighted by molar-refractivity contribution is 0.0990. The number of hydrogen-bond donors (Lipinski definition) is 0. The third kappa shape index (κ3) is 1.55. The minimum Gasteiger partial charge on any atom is -0.497 e. The summed E-state index contributed by atoms with van der Waals surface area (Å²) in [6.07, 6.45) is 1.14. The van der Waals surface area contributed by atoms with Crippen molar-refractivity contribution in [1.29, 1.82) is 0 Å². The second-order valence-electron chi connectivity index (χ2n) is 3.10. The van der Waals surface area contributed by atoms with Crippen molar-refractivity contribution in [3.63, 3.8) is 0 Å². The number of methoxy groups -OCH3 is 1. The molecule has 15 heavy (non-hydrogen) atoms. The first kappa shape index (κ1) is 9.93. The van der Waals surface area contributed by atoms with Crippen LogP contribution in [0.25, 0.3) is 0 Å². The van der Waals surface area contributed by atoms with Gasteiger partial charge in [0.2, 0.25) is 5.78 Å². The van der Waals surface area contributed by atoms with Crippen LogP contribution in [-0.2, 0) is 0 Å². The van der Waals surface area contributed by atoms with Crippen LogP contribution in [0.15, 0.2) is 29.3 Å². The third-order valence-corrected chi connectivity index (χ3v) is 2.49. The molecule has 2 rings (SSSR count). The Kier molecular flexibility index (Phi) is 2.32. The van der Waals surface area contributed by atoms with Gasteiger partial charge in [0.15, 0.2) is 5.78 Å². The van der Waals surface area contributed by atoms with Crippen LogP contribution in [0.4, 0.5) is 0 Å². The summed E-state index contributed by atoms with van der Waals surface area (Å²) in [5.41, 5.74) is 0.664. The van der Waals surface area contributed by atoms with Gasteiger partial charge in [0.1, 0.15) is 5.75 Å². The number of halogens is 1. The zero-order chi connectivity index (χ0) is 11.0. The van der Waals surface area contributed by atoms with E-state index in [4.69, 9.17) is 16.3 Å². The molecule has 0 N–H and O–H groups in total. The normalized spacial score (nSPS) is 14.7. The van der Waals surface area contributed by atoms with Crippen LogP contribution in [0, 0.1) is 0 Å². The predicted octanol–water partition coefficient (Wildman–Crippen LogP) is 2.20. The van der Waals surface area contributed by atoms with Crippen molar-refractivity contribution in [2.24, 2.45) is 0 Å². The molecule has 3 nitrogen and oxygen atoms in total. The van der Waals surface area contributed by atoms with Crippen LogP contribution in [0.5, 0.6) is 5.75 Å². The Morgan fingerprint density at radius 2 is 1.93 bits per heavy atom. The van der Waals surface area contributed by atoms with E-state index in [0.717, 1.165) is 6.08 Å². The number of benzene rings is 1. The van der Waals surface area contributed by atoms with E-state index >= 15 is 0 Å². The fourth-order valence-corrected chi connectivity index (χ4v) is 1.64. The third-order valence-electron chi connectivity index (χ3n) is 2.21. The number of fused-ring (bicyclic) bond motifs is 1. The number of hydrogen-bond acceptors (Lipinski definition) is 3. The second-order valence-corrected chi connectivity index (χ2v) is 3.50. The molecule has 0 heterocycles. The van der Waals surface area contributed by atoms with Gasteiger partial charge in [-0.05, 0) is 18.2 Å². The van der Waals surface area contributed by atoms with E-state index in [0.29, 0.717) is 16.9 Å². The number of ketones is 2. The molecule has 0 aliphatic heterocycles. The molecule has 4 heteroatoms. The molecule has 76 valence electrons. The Balaban J connectivity index is 2.62. The van der Waals surface area contributed by atoms with Gasteiger partial charge < -0.3 is 4.74 Å². The maximum absolute atomic E-state index is 11.6. The molecular formula is C11H7ClO3. The second kappa shape index (κ2) is 3.51. The molecule has 0 atom stereocenters. The zero-order valence-corrected chi connectivity index (χ0v) is 8.67. The standard InChI is InChI=1S/C11H7ClO3/c1-15-6-2-3-7-8(4-6)11(14)9(12)5-10(7)13/h2-5H,1H3. The van der Waals surface area contributed by atoms with Gasteiger partial charge in [0, 0.05) is 17.2 Å². The summed E-state index contributed by atoms with van der Waals surface area (Å²) in [6.45, 7) is 0. The number of ether oxygens (including phenoxy) is 1. The predicted molar refractivity (Wildman–Crippen MR) is 55.6 cm³/mol. The molecule has 0 fully saturated rings. The quantitative estimate of drug-likeness (QED) is 0.732. The monoisotopic (exact) mass is 222 g/mol. The number of carbonyl (C=O) groups excluding carboxylic acids is 2. The molecule has 1 aromatic carbocycles. The minimum absolute atomic E-state index is 0.0549. The van der Waals surface area contributed by atoms with Crippen molar-refractivity contribution >= 4 is 23.2 Å². The van der Waals surface area contributed by atoms with E-state index in [1.54, 1.807) is 12.1 Å². The van der Waals surface area contributed by atoms with Crippen LogP contribution in [0.2, 0.25) is 0 Å². The lowest BCUT2D eigenvalue weighted by Gasteiger charge is -2.12. The van der Waals surface area contributed by atoms with E-state index in [9.17, 15) is 9.59 Å². The smallest absolute Gasteiger partial charge is 0.205 e. The van der Waals surface area contributed by atoms with Gasteiger partial charge in [-0.1, -0.05) is 11.6 Å². The van der Waals surface area contributed by atoms with Gasteiger partial charge in [-0.25, -0.2) is 0 Å². The Morgan fingerprint density at radius 3 is 2.60 bits per heavy atom. The van der Waals surface area contributed by atoms with Crippen LogP contribution >= 0.6 is 11.6 Å². The van der Waals surface area contributed by atoms with Crippen molar-refractivity contribution < 1.29 is 14.3 Å². The first-order chi connectivity index (χ1) is 7.13. The van der Waals surface area contributed by atoms with Gasteiger partial charge in [-0.2, -0.15) is 0 Å². The SMILES string of the molecule is COc1ccc2c(c1)C(=O)C(Cl)=CC2=O. The molecule has 0 spiro atoms. The highest BCUT2D eigenvalue weighted by molar-refractivity contribution is 6.49. The molecule has 0 unspecified atom stereocenters. The summed E-state index contributed by atoms with van der Waals surface area (Å²) < 4.78 is 4.97. The molecule has 0 aromatic heterocycles. The molecule has 0 saturated heterocycles. The van der Waals surface area contributed by atoms with Crippen LogP contribution < -0.4 is 4.74 Å². The van der Waals surface area contributed by atoms with Gasteiger partial charge >= 0.3 is 0 Å². The highest BCUT2D eigenvalue weighted by Gasteiger charge is 2.24. The van der Waals surface area contributed by atoms with Crippen LogP contribution in [-0.4, -0.2) is 18.7 Å². The number of allylic oxidation sites excluding steroid dienone is 2. The minimum atomic E-state index is -0.342. The summed E-state index contributed by atoms with van der Waals surface area (Å²) in [6, 6.07) is 4.72. The summed E-state index contributed by atoms with van der Waals surface area (Å²) >= 11 is 5.64. The maximum atomic E-state index is 11.6. The Hall–Kier alpha value is -1.61. The van der Waals surface area contributed by atoms with Crippen molar-refractivity contribution in [2.45, 2.75) is 0 Å².